The van der Waals surface area contributed by atoms with Crippen molar-refractivity contribution in [3.05, 3.63) is 18.7 Å². The predicted octanol–water partition coefficient (Wildman–Crippen LogP) is 0.519. The first-order valence-corrected chi connectivity index (χ1v) is 1.96. The normalized spacial score (nSPS) is 7.62. The van der Waals surface area contributed by atoms with E-state index >= 15 is 0 Å². The third kappa shape index (κ3) is 1.54. The van der Waals surface area contributed by atoms with Crippen molar-refractivity contribution < 1.29 is 4.84 Å². The number of halogens is 1. The Bertz CT molecular complexity index is 129. The summed E-state index contributed by atoms with van der Waals surface area (Å²) in [6.45, 7) is 0. The number of hydrogen-bond donors (Lipinski definition) is 0. The summed E-state index contributed by atoms with van der Waals surface area (Å²) in [6.07, 6.45) is 4.96. The Hall–Kier alpha value is -0.510. The molecule has 0 bridgehead atoms. The van der Waals surface area contributed by atoms with E-state index in [2.05, 4.69) is 4.98 Å². The maximum atomic E-state index is 4.71. The molecule has 0 aromatic carbocycles. The first-order chi connectivity index (χ1) is 3.43. The Morgan fingerprint density at radius 1 is 1.62 bits per heavy atom. The molecule has 0 saturated carbocycles. The van der Waals surface area contributed by atoms with Gasteiger partial charge in [0.15, 0.2) is 0 Å². The van der Waals surface area contributed by atoms with Crippen molar-refractivity contribution in [3.8, 4) is 0 Å². The Morgan fingerprint density at radius 2 is 2.38 bits per heavy atom. The predicted molar refractivity (Wildman–Crippen MR) is 35.1 cm³/mol. The highest BCUT2D eigenvalue weighted by molar-refractivity contribution is 8.93. The lowest BCUT2D eigenvalue weighted by Crippen LogP contribution is -2.00. The minimum absolute atomic E-state index is 0. The van der Waals surface area contributed by atoms with E-state index in [1.54, 1.807) is 25.8 Å². The summed E-state index contributed by atoms with van der Waals surface area (Å²) in [5.41, 5.74) is 0. The minimum atomic E-state index is 0. The first kappa shape index (κ1) is 7.49. The lowest BCUT2D eigenvalue weighted by Gasteiger charge is -1.92. The molecule has 0 unspecified atom stereocenters. The smallest absolute Gasteiger partial charge is 0.131 e. The molecule has 0 radical (unpaired) electrons. The van der Waals surface area contributed by atoms with Gasteiger partial charge in [0.2, 0.25) is 0 Å². The van der Waals surface area contributed by atoms with Gasteiger partial charge in [0.1, 0.15) is 13.4 Å². The van der Waals surface area contributed by atoms with Crippen molar-refractivity contribution in [1.82, 2.24) is 9.71 Å². The molecule has 8 heavy (non-hydrogen) atoms. The average Bonchev–Trinajstić information content (AvgIpc) is 2.14. The van der Waals surface area contributed by atoms with Crippen molar-refractivity contribution in [2.24, 2.45) is 0 Å². The molecule has 0 aliphatic rings. The summed E-state index contributed by atoms with van der Waals surface area (Å²) in [5, 5.41) is 0. The van der Waals surface area contributed by atoms with Gasteiger partial charge >= 0.3 is 0 Å². The standard InChI is InChI=1S/C4H6N2O.BrH/c1-7-6-3-2-5-4-6;/h2-4H,1H3;1H. The molecule has 0 atom stereocenters. The molecule has 0 aliphatic carbocycles. The summed E-state index contributed by atoms with van der Waals surface area (Å²) in [5.74, 6) is 0. The highest BCUT2D eigenvalue weighted by Gasteiger charge is 1.77. The largest absolute Gasteiger partial charge is 0.416 e. The van der Waals surface area contributed by atoms with Gasteiger partial charge < -0.3 is 4.84 Å². The molecule has 3 nitrogen and oxygen atoms in total. The van der Waals surface area contributed by atoms with Crippen LogP contribution in [0.25, 0.3) is 0 Å². The molecule has 1 aromatic heterocycles. The van der Waals surface area contributed by atoms with E-state index in [0.717, 1.165) is 0 Å². The van der Waals surface area contributed by atoms with Crippen LogP contribution in [0.5, 0.6) is 0 Å². The summed E-state index contributed by atoms with van der Waals surface area (Å²) in [7, 11) is 1.58. The second-order valence-electron chi connectivity index (χ2n) is 1.11. The molecule has 1 aromatic rings. The maximum absolute atomic E-state index is 4.71. The minimum Gasteiger partial charge on any atom is -0.416 e. The lowest BCUT2D eigenvalue weighted by molar-refractivity contribution is 0.166. The van der Waals surface area contributed by atoms with Crippen molar-refractivity contribution in [2.75, 3.05) is 7.11 Å². The molecular weight excluding hydrogens is 172 g/mol. The monoisotopic (exact) mass is 178 g/mol. The van der Waals surface area contributed by atoms with Gasteiger partial charge in [-0.15, -0.1) is 17.0 Å². The van der Waals surface area contributed by atoms with Crippen molar-refractivity contribution >= 4 is 17.0 Å². The lowest BCUT2D eigenvalue weighted by atomic mass is 11.0. The Labute approximate surface area is 58.0 Å². The SMILES string of the molecule is Br.COn1ccnc1. The zero-order chi connectivity index (χ0) is 5.11. The Balaban J connectivity index is 0.000000490. The van der Waals surface area contributed by atoms with Crippen molar-refractivity contribution in [3.63, 3.8) is 0 Å². The van der Waals surface area contributed by atoms with Gasteiger partial charge in [0, 0.05) is 6.20 Å². The van der Waals surface area contributed by atoms with E-state index in [1.807, 2.05) is 0 Å². The fraction of sp³-hybridized carbons (Fsp3) is 0.250. The van der Waals surface area contributed by atoms with Gasteiger partial charge in [-0.3, -0.25) is 0 Å². The zero-order valence-electron chi connectivity index (χ0n) is 4.44. The summed E-state index contributed by atoms with van der Waals surface area (Å²) in [6, 6.07) is 0. The van der Waals surface area contributed by atoms with E-state index in [9.17, 15) is 0 Å². The molecule has 0 aliphatic heterocycles. The van der Waals surface area contributed by atoms with Crippen LogP contribution in [0.4, 0.5) is 0 Å². The quantitative estimate of drug-likeness (QED) is 0.628. The van der Waals surface area contributed by atoms with E-state index in [0.29, 0.717) is 0 Å². The molecule has 0 saturated heterocycles. The topological polar surface area (TPSA) is 27.1 Å². The number of imidazole rings is 1. The highest BCUT2D eigenvalue weighted by atomic mass is 79.9. The van der Waals surface area contributed by atoms with E-state index in [4.69, 9.17) is 4.84 Å². The van der Waals surface area contributed by atoms with Gasteiger partial charge in [-0.25, -0.2) is 4.98 Å². The van der Waals surface area contributed by atoms with Crippen LogP contribution in [-0.4, -0.2) is 16.8 Å². The van der Waals surface area contributed by atoms with Crippen LogP contribution in [0.3, 0.4) is 0 Å². The second-order valence-corrected chi connectivity index (χ2v) is 1.11. The van der Waals surface area contributed by atoms with Crippen LogP contribution in [-0.2, 0) is 0 Å². The van der Waals surface area contributed by atoms with Gasteiger partial charge in [-0.05, 0) is 0 Å². The zero-order valence-corrected chi connectivity index (χ0v) is 6.16. The number of aromatic nitrogens is 2. The molecule has 0 spiro atoms. The molecule has 1 rings (SSSR count). The summed E-state index contributed by atoms with van der Waals surface area (Å²) < 4.78 is 1.51. The van der Waals surface area contributed by atoms with Crippen LogP contribution in [0, 0.1) is 0 Å². The van der Waals surface area contributed by atoms with Crippen LogP contribution >= 0.6 is 17.0 Å². The third-order valence-corrected chi connectivity index (χ3v) is 0.691. The van der Waals surface area contributed by atoms with Crippen molar-refractivity contribution in [1.29, 1.82) is 0 Å². The Kier molecular flexibility index (Phi) is 3.26. The summed E-state index contributed by atoms with van der Waals surface area (Å²) in [4.78, 5) is 8.44. The van der Waals surface area contributed by atoms with E-state index in [-0.39, 0.29) is 17.0 Å². The average molecular weight is 179 g/mol. The van der Waals surface area contributed by atoms with Crippen LogP contribution in [0.15, 0.2) is 18.7 Å². The van der Waals surface area contributed by atoms with Crippen LogP contribution in [0.2, 0.25) is 0 Å². The van der Waals surface area contributed by atoms with Gasteiger partial charge in [-0.2, -0.15) is 4.73 Å². The fourth-order valence-electron chi connectivity index (χ4n) is 0.355. The highest BCUT2D eigenvalue weighted by Crippen LogP contribution is 1.75. The number of hydrogen-bond acceptors (Lipinski definition) is 2. The summed E-state index contributed by atoms with van der Waals surface area (Å²) >= 11 is 0. The molecule has 46 valence electrons. The van der Waals surface area contributed by atoms with Crippen LogP contribution in [0.1, 0.15) is 0 Å². The molecule has 4 heteroatoms. The fourth-order valence-corrected chi connectivity index (χ4v) is 0.355. The number of nitrogens with zero attached hydrogens (tertiary/aromatic N) is 2. The van der Waals surface area contributed by atoms with Crippen LogP contribution < -0.4 is 4.84 Å². The molecule has 0 N–H and O–H groups in total. The second kappa shape index (κ2) is 3.49. The van der Waals surface area contributed by atoms with E-state index < -0.39 is 0 Å². The van der Waals surface area contributed by atoms with Gasteiger partial charge in [0.05, 0.1) is 6.20 Å². The van der Waals surface area contributed by atoms with Gasteiger partial charge in [-0.1, -0.05) is 0 Å². The van der Waals surface area contributed by atoms with Crippen molar-refractivity contribution in [2.45, 2.75) is 0 Å². The maximum Gasteiger partial charge on any atom is 0.131 e. The Morgan fingerprint density at radius 3 is 2.62 bits per heavy atom. The number of rotatable bonds is 1. The third-order valence-electron chi connectivity index (χ3n) is 0.691. The molecule has 0 amide bonds. The van der Waals surface area contributed by atoms with Gasteiger partial charge in [0.25, 0.3) is 0 Å². The first-order valence-electron chi connectivity index (χ1n) is 1.96. The van der Waals surface area contributed by atoms with E-state index in [1.165, 1.54) is 4.73 Å². The molecule has 0 fully saturated rings. The molecular formula is C4H7BrN2O. The molecule has 1 heterocycles.